The number of hydrogen-bond donors (Lipinski definition) is 0. The predicted octanol–water partition coefficient (Wildman–Crippen LogP) is 9.67. The Morgan fingerprint density at radius 1 is 0.400 bits per heavy atom. The van der Waals surface area contributed by atoms with Crippen molar-refractivity contribution in [1.82, 2.24) is 24.5 Å². The first kappa shape index (κ1) is 25.3. The quantitative estimate of drug-likeness (QED) is 0.210. The third-order valence-corrected chi connectivity index (χ3v) is 8.47. The van der Waals surface area contributed by atoms with E-state index in [0.29, 0.717) is 17.5 Å². The Hall–Kier alpha value is -6.20. The molecule has 0 aliphatic rings. The van der Waals surface area contributed by atoms with Gasteiger partial charge in [0.1, 0.15) is 5.82 Å². The van der Waals surface area contributed by atoms with Crippen molar-refractivity contribution in [2.75, 3.05) is 0 Å². The van der Waals surface area contributed by atoms with E-state index in [0.717, 1.165) is 38.9 Å². The zero-order chi connectivity index (χ0) is 29.7. The van der Waals surface area contributed by atoms with Crippen LogP contribution in [0.4, 0.5) is 0 Å². The van der Waals surface area contributed by atoms with E-state index >= 15 is 0 Å². The number of pyridine rings is 1. The molecule has 0 unspecified atom stereocenters. The number of fused-ring (bicyclic) bond motifs is 6. The van der Waals surface area contributed by atoms with Gasteiger partial charge < -0.3 is 0 Å². The van der Waals surface area contributed by atoms with E-state index in [4.69, 9.17) is 19.9 Å². The van der Waals surface area contributed by atoms with E-state index in [1.165, 1.54) is 26.9 Å². The van der Waals surface area contributed by atoms with E-state index in [2.05, 4.69) is 114 Å². The second-order valence-electron chi connectivity index (χ2n) is 11.2. The summed E-state index contributed by atoms with van der Waals surface area (Å²) in [5.41, 5.74) is 4.96. The van der Waals surface area contributed by atoms with Gasteiger partial charge in [0.15, 0.2) is 17.5 Å². The molecule has 0 amide bonds. The molecule has 0 spiro atoms. The maximum atomic E-state index is 5.03. The second-order valence-corrected chi connectivity index (χ2v) is 11.2. The van der Waals surface area contributed by atoms with Crippen LogP contribution in [0.15, 0.2) is 152 Å². The molecular weight excluding hydrogens is 550 g/mol. The molecule has 6 aromatic carbocycles. The molecule has 0 saturated heterocycles. The topological polar surface area (TPSA) is 56.5 Å². The van der Waals surface area contributed by atoms with Crippen LogP contribution in [0.2, 0.25) is 0 Å². The molecule has 0 N–H and O–H groups in total. The van der Waals surface area contributed by atoms with Crippen molar-refractivity contribution in [3.05, 3.63) is 152 Å². The van der Waals surface area contributed by atoms with Gasteiger partial charge in [-0.3, -0.25) is 4.57 Å². The summed E-state index contributed by atoms with van der Waals surface area (Å²) in [7, 11) is 0. The van der Waals surface area contributed by atoms with Crippen molar-refractivity contribution in [1.29, 1.82) is 0 Å². The van der Waals surface area contributed by atoms with E-state index in [9.17, 15) is 0 Å². The van der Waals surface area contributed by atoms with Crippen molar-refractivity contribution in [3.8, 4) is 40.0 Å². The molecule has 45 heavy (non-hydrogen) atoms. The highest BCUT2D eigenvalue weighted by atomic mass is 15.1. The SMILES string of the molecule is c1ccc(-c2nc(-c3ccnc(-n4c5ccccc5c5c6ccccc6ccc54)c3)nc(-c3ccc4ccccc4c3)n2)cc1. The Bertz CT molecular complexity index is 2550. The van der Waals surface area contributed by atoms with Crippen LogP contribution in [-0.2, 0) is 0 Å². The van der Waals surface area contributed by atoms with Gasteiger partial charge in [0.05, 0.1) is 11.0 Å². The van der Waals surface area contributed by atoms with Gasteiger partial charge in [0.2, 0.25) is 0 Å². The van der Waals surface area contributed by atoms with Gasteiger partial charge in [0.25, 0.3) is 0 Å². The lowest BCUT2D eigenvalue weighted by Gasteiger charge is -2.11. The summed E-state index contributed by atoms with van der Waals surface area (Å²) >= 11 is 0. The van der Waals surface area contributed by atoms with Crippen LogP contribution < -0.4 is 0 Å². The average molecular weight is 576 g/mol. The van der Waals surface area contributed by atoms with E-state index in [-0.39, 0.29) is 0 Å². The lowest BCUT2D eigenvalue weighted by Crippen LogP contribution is -2.02. The minimum absolute atomic E-state index is 0.599. The first-order valence-corrected chi connectivity index (χ1v) is 15.0. The molecule has 9 rings (SSSR count). The molecule has 5 nitrogen and oxygen atoms in total. The van der Waals surface area contributed by atoms with Crippen LogP contribution in [0.1, 0.15) is 0 Å². The first-order chi connectivity index (χ1) is 22.3. The molecule has 0 aliphatic carbocycles. The van der Waals surface area contributed by atoms with Crippen molar-refractivity contribution in [3.63, 3.8) is 0 Å². The van der Waals surface area contributed by atoms with Crippen LogP contribution in [0.5, 0.6) is 0 Å². The fourth-order valence-electron chi connectivity index (χ4n) is 6.34. The Kier molecular flexibility index (Phi) is 5.74. The van der Waals surface area contributed by atoms with Gasteiger partial charge in [-0.05, 0) is 51.9 Å². The molecule has 3 heterocycles. The summed E-state index contributed by atoms with van der Waals surface area (Å²) in [6, 6.07) is 50.3. The monoisotopic (exact) mass is 575 g/mol. The number of nitrogens with zero attached hydrogens (tertiary/aromatic N) is 5. The highest BCUT2D eigenvalue weighted by molar-refractivity contribution is 6.21. The number of rotatable bonds is 4. The van der Waals surface area contributed by atoms with Gasteiger partial charge in [-0.25, -0.2) is 19.9 Å². The summed E-state index contributed by atoms with van der Waals surface area (Å²) in [5.74, 6) is 2.67. The van der Waals surface area contributed by atoms with Crippen molar-refractivity contribution in [2.24, 2.45) is 0 Å². The fraction of sp³-hybridized carbons (Fsp3) is 0. The van der Waals surface area contributed by atoms with E-state index in [1.54, 1.807) is 0 Å². The lowest BCUT2D eigenvalue weighted by molar-refractivity contribution is 1.05. The molecule has 0 radical (unpaired) electrons. The summed E-state index contributed by atoms with van der Waals surface area (Å²) < 4.78 is 2.24. The summed E-state index contributed by atoms with van der Waals surface area (Å²) in [4.78, 5) is 19.8. The molecular formula is C40H25N5. The summed E-state index contributed by atoms with van der Waals surface area (Å²) in [6.45, 7) is 0. The maximum absolute atomic E-state index is 5.03. The fourth-order valence-corrected chi connectivity index (χ4v) is 6.34. The Labute approximate surface area is 259 Å². The molecule has 3 aromatic heterocycles. The molecule has 210 valence electrons. The van der Waals surface area contributed by atoms with E-state index < -0.39 is 0 Å². The molecule has 0 atom stereocenters. The van der Waals surface area contributed by atoms with E-state index in [1.807, 2.05) is 42.6 Å². The van der Waals surface area contributed by atoms with Crippen LogP contribution in [0.3, 0.4) is 0 Å². The largest absolute Gasteiger partial charge is 0.294 e. The summed E-state index contributed by atoms with van der Waals surface area (Å²) in [6.07, 6.45) is 1.84. The molecule has 0 fully saturated rings. The number of aromatic nitrogens is 5. The predicted molar refractivity (Wildman–Crippen MR) is 183 cm³/mol. The number of para-hydroxylation sites is 1. The summed E-state index contributed by atoms with van der Waals surface area (Å²) in [5, 5.41) is 7.18. The van der Waals surface area contributed by atoms with Crippen molar-refractivity contribution in [2.45, 2.75) is 0 Å². The van der Waals surface area contributed by atoms with Gasteiger partial charge in [-0.2, -0.15) is 0 Å². The zero-order valence-electron chi connectivity index (χ0n) is 24.2. The number of benzene rings is 6. The van der Waals surface area contributed by atoms with Crippen molar-refractivity contribution < 1.29 is 0 Å². The lowest BCUT2D eigenvalue weighted by atomic mass is 10.0. The van der Waals surface area contributed by atoms with Crippen LogP contribution in [-0.4, -0.2) is 24.5 Å². The van der Waals surface area contributed by atoms with Crippen LogP contribution in [0, 0.1) is 0 Å². The minimum atomic E-state index is 0.599. The molecule has 0 bridgehead atoms. The molecule has 0 aliphatic heterocycles. The van der Waals surface area contributed by atoms with Crippen molar-refractivity contribution >= 4 is 43.4 Å². The van der Waals surface area contributed by atoms with Gasteiger partial charge in [0, 0.05) is 33.7 Å². The average Bonchev–Trinajstić information content (AvgIpc) is 3.46. The smallest absolute Gasteiger partial charge is 0.164 e. The third-order valence-electron chi connectivity index (χ3n) is 8.47. The van der Waals surface area contributed by atoms with Crippen LogP contribution in [0.25, 0.3) is 83.3 Å². The van der Waals surface area contributed by atoms with Gasteiger partial charge >= 0.3 is 0 Å². The normalized spacial score (nSPS) is 11.6. The molecule has 5 heteroatoms. The third kappa shape index (κ3) is 4.25. The second kappa shape index (κ2) is 10.2. The minimum Gasteiger partial charge on any atom is -0.294 e. The Morgan fingerprint density at radius 2 is 1.02 bits per heavy atom. The van der Waals surface area contributed by atoms with Crippen LogP contribution >= 0.6 is 0 Å². The standard InChI is InChI=1S/C40H25N5/c1-2-12-28(13-3-1)38-42-39(30-19-18-26-10-4-5-14-29(26)24-30)44-40(43-38)31-22-23-41-36(25-31)45-34-17-9-8-16-33(34)37-32-15-7-6-11-27(32)20-21-35(37)45/h1-25H. The zero-order valence-corrected chi connectivity index (χ0v) is 24.2. The maximum Gasteiger partial charge on any atom is 0.164 e. The highest BCUT2D eigenvalue weighted by Gasteiger charge is 2.17. The molecule has 0 saturated carbocycles. The Morgan fingerprint density at radius 3 is 1.84 bits per heavy atom. The molecule has 9 aromatic rings. The number of hydrogen-bond acceptors (Lipinski definition) is 4. The van der Waals surface area contributed by atoms with Gasteiger partial charge in [-0.15, -0.1) is 0 Å². The highest BCUT2D eigenvalue weighted by Crippen LogP contribution is 2.37. The first-order valence-electron chi connectivity index (χ1n) is 15.0. The Balaban J connectivity index is 1.26. The van der Waals surface area contributed by atoms with Gasteiger partial charge in [-0.1, -0.05) is 115 Å².